The summed E-state index contributed by atoms with van der Waals surface area (Å²) < 4.78 is 13.4. The fourth-order valence-corrected chi connectivity index (χ4v) is 5.06. The number of nitrogens with zero attached hydrogens (tertiary/aromatic N) is 4. The van der Waals surface area contributed by atoms with Gasteiger partial charge in [-0.3, -0.25) is 4.90 Å². The SMILES string of the molecule is COC[C@H]1CCCN1CCCc1cc(-c2cccc(OCc3ccccc3)c2)c2c(N)ncnn12.Cl.Cl. The smallest absolute Gasteiger partial charge is 0.151 e. The van der Waals surface area contributed by atoms with Gasteiger partial charge in [0.2, 0.25) is 0 Å². The Morgan fingerprint density at radius 1 is 1.05 bits per heavy atom. The van der Waals surface area contributed by atoms with E-state index in [1.807, 2.05) is 34.8 Å². The minimum atomic E-state index is 0. The minimum absolute atomic E-state index is 0. The molecule has 1 fully saturated rings. The van der Waals surface area contributed by atoms with Crippen molar-refractivity contribution in [1.29, 1.82) is 0 Å². The van der Waals surface area contributed by atoms with Gasteiger partial charge in [0, 0.05) is 24.4 Å². The summed E-state index contributed by atoms with van der Waals surface area (Å²) in [6.45, 7) is 3.54. The van der Waals surface area contributed by atoms with Crippen LogP contribution in [0.4, 0.5) is 5.82 Å². The van der Waals surface area contributed by atoms with Crippen molar-refractivity contribution in [3.8, 4) is 16.9 Å². The number of nitrogen functional groups attached to an aromatic ring is 1. The average Bonchev–Trinajstić information content (AvgIpc) is 3.49. The average molecular weight is 545 g/mol. The number of hydrogen-bond acceptors (Lipinski definition) is 6. The van der Waals surface area contributed by atoms with Crippen molar-refractivity contribution in [1.82, 2.24) is 19.5 Å². The van der Waals surface area contributed by atoms with E-state index in [1.54, 1.807) is 7.11 Å². The Morgan fingerprint density at radius 2 is 1.89 bits per heavy atom. The van der Waals surface area contributed by atoms with Crippen molar-refractivity contribution in [3.63, 3.8) is 0 Å². The van der Waals surface area contributed by atoms with Crippen LogP contribution in [-0.2, 0) is 17.8 Å². The molecular formula is C28H35Cl2N5O2. The zero-order valence-electron chi connectivity index (χ0n) is 21.1. The van der Waals surface area contributed by atoms with Gasteiger partial charge < -0.3 is 15.2 Å². The quantitative estimate of drug-likeness (QED) is 0.286. The largest absolute Gasteiger partial charge is 0.489 e. The molecule has 1 aliphatic heterocycles. The highest BCUT2D eigenvalue weighted by atomic mass is 35.5. The van der Waals surface area contributed by atoms with Crippen molar-refractivity contribution in [2.45, 2.75) is 38.3 Å². The third kappa shape index (κ3) is 6.73. The van der Waals surface area contributed by atoms with Crippen molar-refractivity contribution in [3.05, 3.63) is 78.2 Å². The molecule has 0 saturated carbocycles. The zero-order chi connectivity index (χ0) is 24.0. The molecule has 1 saturated heterocycles. The number of aromatic nitrogens is 3. The molecule has 5 rings (SSSR count). The Hall–Kier alpha value is -2.84. The summed E-state index contributed by atoms with van der Waals surface area (Å²) in [4.78, 5) is 6.82. The van der Waals surface area contributed by atoms with Gasteiger partial charge in [-0.15, -0.1) is 24.8 Å². The van der Waals surface area contributed by atoms with Crippen molar-refractivity contribution < 1.29 is 9.47 Å². The maximum Gasteiger partial charge on any atom is 0.151 e. The van der Waals surface area contributed by atoms with E-state index in [4.69, 9.17) is 15.2 Å². The van der Waals surface area contributed by atoms with Gasteiger partial charge in [-0.05, 0) is 68.1 Å². The Morgan fingerprint density at radius 3 is 2.70 bits per heavy atom. The molecule has 0 spiro atoms. The van der Waals surface area contributed by atoms with Crippen LogP contribution in [-0.4, -0.2) is 52.3 Å². The number of anilines is 1. The Balaban J connectivity index is 0.00000190. The van der Waals surface area contributed by atoms with E-state index < -0.39 is 0 Å². The lowest BCUT2D eigenvalue weighted by Gasteiger charge is -2.23. The van der Waals surface area contributed by atoms with Crippen molar-refractivity contribution in [2.24, 2.45) is 0 Å². The topological polar surface area (TPSA) is 77.9 Å². The first-order chi connectivity index (χ1) is 17.2. The van der Waals surface area contributed by atoms with E-state index in [2.05, 4.69) is 45.3 Å². The van der Waals surface area contributed by atoms with Crippen LogP contribution < -0.4 is 10.5 Å². The summed E-state index contributed by atoms with van der Waals surface area (Å²) in [5.74, 6) is 1.30. The number of fused-ring (bicyclic) bond motifs is 1. The monoisotopic (exact) mass is 543 g/mol. The maximum atomic E-state index is 6.33. The third-order valence-corrected chi connectivity index (χ3v) is 6.79. The van der Waals surface area contributed by atoms with E-state index in [-0.39, 0.29) is 24.8 Å². The maximum absolute atomic E-state index is 6.33. The molecule has 2 N–H and O–H groups in total. The van der Waals surface area contributed by atoms with Gasteiger partial charge in [-0.2, -0.15) is 5.10 Å². The first-order valence-corrected chi connectivity index (χ1v) is 12.3. The minimum Gasteiger partial charge on any atom is -0.489 e. The predicted molar refractivity (Wildman–Crippen MR) is 153 cm³/mol. The number of nitrogens with two attached hydrogens (primary N) is 1. The predicted octanol–water partition coefficient (Wildman–Crippen LogP) is 5.44. The number of benzene rings is 2. The lowest BCUT2D eigenvalue weighted by atomic mass is 10.1. The molecule has 2 aromatic heterocycles. The van der Waals surface area contributed by atoms with E-state index in [9.17, 15) is 0 Å². The van der Waals surface area contributed by atoms with Crippen LogP contribution in [0.1, 0.15) is 30.5 Å². The second-order valence-corrected chi connectivity index (χ2v) is 9.15. The van der Waals surface area contributed by atoms with Gasteiger partial charge in [-0.1, -0.05) is 42.5 Å². The van der Waals surface area contributed by atoms with E-state index in [1.165, 1.54) is 19.2 Å². The molecular weight excluding hydrogens is 509 g/mol. The summed E-state index contributed by atoms with van der Waals surface area (Å²) in [6, 6.07) is 21.1. The number of methoxy groups -OCH3 is 1. The first kappa shape index (κ1) is 28.7. The van der Waals surface area contributed by atoms with Crippen molar-refractivity contribution >= 4 is 36.1 Å². The van der Waals surface area contributed by atoms with E-state index >= 15 is 0 Å². The van der Waals surface area contributed by atoms with Gasteiger partial charge in [0.1, 0.15) is 24.2 Å². The molecule has 1 aliphatic rings. The molecule has 7 nitrogen and oxygen atoms in total. The molecule has 9 heteroatoms. The van der Waals surface area contributed by atoms with Crippen LogP contribution in [0.15, 0.2) is 67.0 Å². The summed E-state index contributed by atoms with van der Waals surface area (Å²) in [5, 5.41) is 4.54. The van der Waals surface area contributed by atoms with Crippen LogP contribution in [0.3, 0.4) is 0 Å². The van der Waals surface area contributed by atoms with Crippen LogP contribution in [0.2, 0.25) is 0 Å². The summed E-state index contributed by atoms with van der Waals surface area (Å²) in [6.07, 6.45) is 5.97. The first-order valence-electron chi connectivity index (χ1n) is 12.3. The van der Waals surface area contributed by atoms with Gasteiger partial charge in [0.15, 0.2) is 5.82 Å². The number of hydrogen-bond donors (Lipinski definition) is 1. The van der Waals surface area contributed by atoms with Crippen LogP contribution in [0.5, 0.6) is 5.75 Å². The number of aryl methyl sites for hydroxylation is 1. The third-order valence-electron chi connectivity index (χ3n) is 6.79. The lowest BCUT2D eigenvalue weighted by molar-refractivity contribution is 0.115. The summed E-state index contributed by atoms with van der Waals surface area (Å²) >= 11 is 0. The Bertz CT molecular complexity index is 1270. The molecule has 2 aromatic carbocycles. The molecule has 37 heavy (non-hydrogen) atoms. The van der Waals surface area contributed by atoms with E-state index in [0.29, 0.717) is 18.5 Å². The molecule has 0 aliphatic carbocycles. The number of halogens is 2. The van der Waals surface area contributed by atoms with Gasteiger partial charge >= 0.3 is 0 Å². The molecule has 198 valence electrons. The highest BCUT2D eigenvalue weighted by Gasteiger charge is 2.24. The Labute approximate surface area is 230 Å². The normalized spacial score (nSPS) is 15.3. The lowest BCUT2D eigenvalue weighted by Crippen LogP contribution is -2.33. The zero-order valence-corrected chi connectivity index (χ0v) is 22.7. The van der Waals surface area contributed by atoms with Crippen molar-refractivity contribution in [2.75, 3.05) is 32.5 Å². The fourth-order valence-electron chi connectivity index (χ4n) is 5.06. The number of likely N-dealkylation sites (tertiary alicyclic amines) is 1. The molecule has 0 radical (unpaired) electrons. The second kappa shape index (κ2) is 13.6. The highest BCUT2D eigenvalue weighted by Crippen LogP contribution is 2.33. The molecule has 4 aromatic rings. The Kier molecular flexibility index (Phi) is 10.6. The van der Waals surface area contributed by atoms with Gasteiger partial charge in [0.05, 0.1) is 6.61 Å². The fraction of sp³-hybridized carbons (Fsp3) is 0.357. The number of rotatable bonds is 10. The van der Waals surface area contributed by atoms with Crippen LogP contribution in [0, 0.1) is 0 Å². The molecule has 0 unspecified atom stereocenters. The van der Waals surface area contributed by atoms with Crippen LogP contribution in [0.25, 0.3) is 16.6 Å². The van der Waals surface area contributed by atoms with E-state index in [0.717, 1.165) is 66.2 Å². The summed E-state index contributed by atoms with van der Waals surface area (Å²) in [7, 11) is 1.79. The molecule has 0 bridgehead atoms. The summed E-state index contributed by atoms with van der Waals surface area (Å²) in [5.41, 5.74) is 11.5. The number of ether oxygens (including phenoxy) is 2. The molecule has 0 amide bonds. The molecule has 1 atom stereocenters. The van der Waals surface area contributed by atoms with Crippen LogP contribution >= 0.6 is 24.8 Å². The van der Waals surface area contributed by atoms with Gasteiger partial charge in [0.25, 0.3) is 0 Å². The molecule has 3 heterocycles. The standard InChI is InChI=1S/C28H33N5O2.2ClH/c1-34-19-24-12-7-15-32(24)14-6-11-23-17-26(27-28(29)30-20-31-33(23)27)22-10-5-13-25(16-22)35-18-21-8-3-2-4-9-21;;/h2-5,8-10,13,16-17,20,24H,6-7,11-12,14-15,18-19H2,1H3,(H2,29,30,31);2*1H/t24-;;/m1../s1. The van der Waals surface area contributed by atoms with Gasteiger partial charge in [-0.25, -0.2) is 9.50 Å². The second-order valence-electron chi connectivity index (χ2n) is 9.15. The highest BCUT2D eigenvalue weighted by molar-refractivity contribution is 5.88.